The molecule has 2 heterocycles. The van der Waals surface area contributed by atoms with E-state index in [9.17, 15) is 28.4 Å². The Morgan fingerprint density at radius 2 is 1.59 bits per heavy atom. The first kappa shape index (κ1) is 34.2. The fraction of sp³-hybridized carbons (Fsp3) is 0.235. The van der Waals surface area contributed by atoms with Crippen molar-refractivity contribution in [2.75, 3.05) is 45.1 Å². The Labute approximate surface area is 278 Å². The number of nitrogens with one attached hydrogen (secondary N) is 1. The number of benzene rings is 3. The number of hydrogen-bond acceptors (Lipinski definition) is 9. The lowest BCUT2D eigenvalue weighted by Crippen LogP contribution is -2.65. The molecule has 1 N–H and O–H groups in total. The normalized spacial score (nSPS) is 15.1. The number of urea groups is 1. The van der Waals surface area contributed by atoms with Crippen LogP contribution in [0.2, 0.25) is 0 Å². The molecule has 1 fully saturated rings. The maximum Gasteiger partial charge on any atom is 0.332 e. The number of ketones is 1. The van der Waals surface area contributed by atoms with E-state index in [4.69, 9.17) is 14.2 Å². The standard InChI is InChI=1S/C34H31F2N5O8/c1-18(42)30(33(45)39(2)3)40-17-23(32(44)41(34(40)46)21-9-6-19(35)7-10-21)31(43)38-20-8-11-27(24(36)14-20)49-26-12-13-37-25-16-29(48-5)28(47-4)15-22(25)26/h6-16,23,30H,17H2,1-5H3,(H,38,43). The second kappa shape index (κ2) is 13.9. The molecule has 13 nitrogen and oxygen atoms in total. The maximum atomic E-state index is 15.4. The van der Waals surface area contributed by atoms with E-state index in [1.165, 1.54) is 52.7 Å². The number of hydrogen-bond donors (Lipinski definition) is 1. The van der Waals surface area contributed by atoms with Crippen LogP contribution in [0.1, 0.15) is 6.92 Å². The van der Waals surface area contributed by atoms with Crippen molar-refractivity contribution in [2.24, 2.45) is 5.92 Å². The molecule has 0 spiro atoms. The average Bonchev–Trinajstić information content (AvgIpc) is 3.07. The highest BCUT2D eigenvalue weighted by Gasteiger charge is 2.48. The number of Topliss-reactive ketones (excluding diaryl/α,β-unsaturated/α-hetero) is 1. The topological polar surface area (TPSA) is 148 Å². The minimum atomic E-state index is -1.66. The van der Waals surface area contributed by atoms with Gasteiger partial charge in [-0.1, -0.05) is 0 Å². The van der Waals surface area contributed by atoms with Gasteiger partial charge in [-0.3, -0.25) is 24.2 Å². The number of rotatable bonds is 10. The average molecular weight is 676 g/mol. The van der Waals surface area contributed by atoms with E-state index in [1.54, 1.807) is 12.1 Å². The molecule has 0 radical (unpaired) electrons. The van der Waals surface area contributed by atoms with Crippen molar-refractivity contribution in [1.29, 1.82) is 0 Å². The number of methoxy groups -OCH3 is 2. The van der Waals surface area contributed by atoms with Crippen LogP contribution < -0.4 is 24.4 Å². The van der Waals surface area contributed by atoms with Crippen LogP contribution >= 0.6 is 0 Å². The number of amides is 5. The summed E-state index contributed by atoms with van der Waals surface area (Å²) in [5.41, 5.74) is 0.349. The maximum absolute atomic E-state index is 15.4. The molecule has 254 valence electrons. The summed E-state index contributed by atoms with van der Waals surface area (Å²) in [5, 5.41) is 2.98. The van der Waals surface area contributed by atoms with E-state index in [-0.39, 0.29) is 22.9 Å². The highest BCUT2D eigenvalue weighted by molar-refractivity contribution is 6.24. The first-order valence-electron chi connectivity index (χ1n) is 14.7. The minimum Gasteiger partial charge on any atom is -0.493 e. The van der Waals surface area contributed by atoms with Crippen molar-refractivity contribution in [3.05, 3.63) is 78.5 Å². The molecule has 1 aromatic heterocycles. The first-order chi connectivity index (χ1) is 23.3. The van der Waals surface area contributed by atoms with Gasteiger partial charge in [0.15, 0.2) is 34.9 Å². The fourth-order valence-electron chi connectivity index (χ4n) is 5.29. The van der Waals surface area contributed by atoms with Gasteiger partial charge in [0.25, 0.3) is 5.91 Å². The van der Waals surface area contributed by atoms with Crippen molar-refractivity contribution in [3.8, 4) is 23.0 Å². The lowest BCUT2D eigenvalue weighted by atomic mass is 9.99. The van der Waals surface area contributed by atoms with Crippen LogP contribution in [0.4, 0.5) is 25.0 Å². The highest BCUT2D eigenvalue weighted by Crippen LogP contribution is 2.38. The number of halogens is 2. The number of ether oxygens (including phenoxy) is 3. The molecule has 0 saturated carbocycles. The second-order valence-corrected chi connectivity index (χ2v) is 11.2. The summed E-state index contributed by atoms with van der Waals surface area (Å²) < 4.78 is 45.6. The zero-order valence-electron chi connectivity index (χ0n) is 27.0. The summed E-state index contributed by atoms with van der Waals surface area (Å²) in [6.45, 7) is 0.458. The smallest absolute Gasteiger partial charge is 0.332 e. The molecule has 2 unspecified atom stereocenters. The van der Waals surface area contributed by atoms with Gasteiger partial charge in [0.2, 0.25) is 11.8 Å². The molecule has 1 saturated heterocycles. The number of fused-ring (bicyclic) bond motifs is 1. The van der Waals surface area contributed by atoms with E-state index >= 15 is 4.39 Å². The molecule has 5 rings (SSSR count). The van der Waals surface area contributed by atoms with Crippen LogP contribution in [0.3, 0.4) is 0 Å². The lowest BCUT2D eigenvalue weighted by molar-refractivity contribution is -0.143. The predicted octanol–water partition coefficient (Wildman–Crippen LogP) is 4.39. The number of pyridine rings is 1. The molecular formula is C34H31F2N5O8. The van der Waals surface area contributed by atoms with Crippen LogP contribution in [0.25, 0.3) is 10.9 Å². The summed E-state index contributed by atoms with van der Waals surface area (Å²) in [6.07, 6.45) is 1.48. The van der Waals surface area contributed by atoms with Crippen molar-refractivity contribution in [3.63, 3.8) is 0 Å². The number of imide groups is 1. The second-order valence-electron chi connectivity index (χ2n) is 11.2. The van der Waals surface area contributed by atoms with Gasteiger partial charge in [0.05, 0.1) is 25.4 Å². The summed E-state index contributed by atoms with van der Waals surface area (Å²) in [5.74, 6) is -5.67. The van der Waals surface area contributed by atoms with Crippen molar-refractivity contribution in [2.45, 2.75) is 13.0 Å². The molecule has 49 heavy (non-hydrogen) atoms. The molecular weight excluding hydrogens is 644 g/mol. The zero-order chi connectivity index (χ0) is 35.6. The largest absolute Gasteiger partial charge is 0.493 e. The predicted molar refractivity (Wildman–Crippen MR) is 173 cm³/mol. The third-order valence-electron chi connectivity index (χ3n) is 7.73. The van der Waals surface area contributed by atoms with Crippen LogP contribution in [0, 0.1) is 17.6 Å². The van der Waals surface area contributed by atoms with Gasteiger partial charge >= 0.3 is 6.03 Å². The van der Waals surface area contributed by atoms with Crippen LogP contribution in [0.5, 0.6) is 23.0 Å². The van der Waals surface area contributed by atoms with E-state index in [0.29, 0.717) is 27.3 Å². The van der Waals surface area contributed by atoms with Crippen LogP contribution in [-0.4, -0.2) is 85.2 Å². The first-order valence-corrected chi connectivity index (χ1v) is 14.7. The summed E-state index contributed by atoms with van der Waals surface area (Å²) in [4.78, 5) is 73.3. The van der Waals surface area contributed by atoms with E-state index in [1.807, 2.05) is 0 Å². The number of nitrogens with zero attached hydrogens (tertiary/aromatic N) is 4. The minimum absolute atomic E-state index is 0.0575. The molecule has 5 amide bonds. The van der Waals surface area contributed by atoms with Gasteiger partial charge in [-0.2, -0.15) is 0 Å². The van der Waals surface area contributed by atoms with Gasteiger partial charge in [-0.25, -0.2) is 18.5 Å². The Morgan fingerprint density at radius 3 is 2.20 bits per heavy atom. The molecule has 3 aromatic carbocycles. The third-order valence-corrected chi connectivity index (χ3v) is 7.73. The Bertz CT molecular complexity index is 1970. The fourth-order valence-corrected chi connectivity index (χ4v) is 5.29. The van der Waals surface area contributed by atoms with Crippen LogP contribution in [0.15, 0.2) is 66.9 Å². The number of anilines is 2. The highest BCUT2D eigenvalue weighted by atomic mass is 19.1. The Hall–Kier alpha value is -6.12. The van der Waals surface area contributed by atoms with Crippen LogP contribution in [-0.2, 0) is 19.2 Å². The summed E-state index contributed by atoms with van der Waals surface area (Å²) in [6, 6.07) is 9.98. The summed E-state index contributed by atoms with van der Waals surface area (Å²) >= 11 is 0. The zero-order valence-corrected chi connectivity index (χ0v) is 27.0. The molecule has 0 bridgehead atoms. The van der Waals surface area contributed by atoms with Gasteiger partial charge in [0, 0.05) is 50.0 Å². The molecule has 2 atom stereocenters. The Morgan fingerprint density at radius 1 is 0.918 bits per heavy atom. The van der Waals surface area contributed by atoms with Gasteiger partial charge < -0.3 is 29.3 Å². The number of carbonyl (C=O) groups excluding carboxylic acids is 5. The van der Waals surface area contributed by atoms with Crippen molar-refractivity contribution < 1.29 is 47.0 Å². The number of aromatic nitrogens is 1. The SMILES string of the molecule is COc1cc2nccc(Oc3ccc(NC(=O)C4CN(C(C(C)=O)C(=O)N(C)C)C(=O)N(c5ccc(F)cc5)C4=O)cc3F)c2cc1OC. The third kappa shape index (κ3) is 6.81. The van der Waals surface area contributed by atoms with Gasteiger partial charge in [-0.05, 0) is 55.5 Å². The van der Waals surface area contributed by atoms with Gasteiger partial charge in [-0.15, -0.1) is 0 Å². The molecule has 1 aliphatic rings. The summed E-state index contributed by atoms with van der Waals surface area (Å²) in [7, 11) is 5.71. The monoisotopic (exact) mass is 675 g/mol. The molecule has 15 heteroatoms. The quantitative estimate of drug-likeness (QED) is 0.242. The molecule has 1 aliphatic heterocycles. The number of carbonyl (C=O) groups is 5. The Balaban J connectivity index is 1.43. The van der Waals surface area contributed by atoms with Crippen molar-refractivity contribution >= 4 is 51.8 Å². The molecule has 4 aromatic rings. The Kier molecular flexibility index (Phi) is 9.73. The van der Waals surface area contributed by atoms with Gasteiger partial charge in [0.1, 0.15) is 17.5 Å². The number of likely N-dealkylation sites (N-methyl/N-ethyl adjacent to an activating group) is 1. The molecule has 0 aliphatic carbocycles. The van der Waals surface area contributed by atoms with Crippen molar-refractivity contribution in [1.82, 2.24) is 14.8 Å². The van der Waals surface area contributed by atoms with E-state index < -0.39 is 59.7 Å². The van der Waals surface area contributed by atoms with E-state index in [2.05, 4.69) is 10.3 Å². The lowest BCUT2D eigenvalue weighted by Gasteiger charge is -2.40. The van der Waals surface area contributed by atoms with E-state index in [0.717, 1.165) is 47.1 Å².